The van der Waals surface area contributed by atoms with Crippen molar-refractivity contribution < 1.29 is 13.9 Å². The standard InChI is InChI=1S/C13H15FO2/c1-7(14)13(15)16-12-6-8-5-11(12)10-4-2-3-9(8)10/h2-3,8-12H,1,4-6H2. The van der Waals surface area contributed by atoms with Crippen LogP contribution in [0.15, 0.2) is 24.6 Å². The highest BCUT2D eigenvalue weighted by Gasteiger charge is 2.53. The summed E-state index contributed by atoms with van der Waals surface area (Å²) >= 11 is 0. The predicted octanol–water partition coefficient (Wildman–Crippen LogP) is 2.61. The van der Waals surface area contributed by atoms with Crippen molar-refractivity contribution in [3.05, 3.63) is 24.6 Å². The molecule has 2 bridgehead atoms. The second-order valence-corrected chi connectivity index (χ2v) is 5.15. The van der Waals surface area contributed by atoms with Gasteiger partial charge in [0.2, 0.25) is 5.83 Å². The molecular formula is C13H15FO2. The molecule has 3 heteroatoms. The van der Waals surface area contributed by atoms with Crippen molar-refractivity contribution in [1.29, 1.82) is 0 Å². The summed E-state index contributed by atoms with van der Waals surface area (Å²) in [6.45, 7) is 2.97. The molecule has 0 aromatic carbocycles. The molecule has 0 radical (unpaired) electrons. The van der Waals surface area contributed by atoms with Gasteiger partial charge >= 0.3 is 5.97 Å². The van der Waals surface area contributed by atoms with Crippen molar-refractivity contribution in [2.24, 2.45) is 23.7 Å². The van der Waals surface area contributed by atoms with Crippen molar-refractivity contribution in [3.8, 4) is 0 Å². The van der Waals surface area contributed by atoms with Crippen molar-refractivity contribution in [1.82, 2.24) is 0 Å². The van der Waals surface area contributed by atoms with Crippen LogP contribution in [0.5, 0.6) is 0 Å². The van der Waals surface area contributed by atoms with E-state index in [1.54, 1.807) is 0 Å². The summed E-state index contributed by atoms with van der Waals surface area (Å²) in [7, 11) is 0. The minimum absolute atomic E-state index is 0.0776. The van der Waals surface area contributed by atoms with E-state index in [4.69, 9.17) is 4.74 Å². The van der Waals surface area contributed by atoms with Gasteiger partial charge in [0.1, 0.15) is 6.10 Å². The first-order valence-electron chi connectivity index (χ1n) is 5.89. The molecule has 3 rings (SSSR count). The van der Waals surface area contributed by atoms with Crippen molar-refractivity contribution >= 4 is 5.97 Å². The second kappa shape index (κ2) is 3.44. The van der Waals surface area contributed by atoms with Crippen LogP contribution in [0.1, 0.15) is 19.3 Å². The van der Waals surface area contributed by atoms with Crippen LogP contribution in [0.2, 0.25) is 0 Å². The van der Waals surface area contributed by atoms with Crippen LogP contribution in [-0.2, 0) is 9.53 Å². The number of allylic oxidation sites excluding steroid dienone is 2. The van der Waals surface area contributed by atoms with Gasteiger partial charge in [-0.15, -0.1) is 0 Å². The highest BCUT2D eigenvalue weighted by molar-refractivity contribution is 5.85. The smallest absolute Gasteiger partial charge is 0.366 e. The highest BCUT2D eigenvalue weighted by atomic mass is 19.1. The zero-order valence-electron chi connectivity index (χ0n) is 9.06. The fourth-order valence-corrected chi connectivity index (χ4v) is 3.83. The van der Waals surface area contributed by atoms with Crippen molar-refractivity contribution in [2.45, 2.75) is 25.4 Å². The summed E-state index contributed by atoms with van der Waals surface area (Å²) in [5, 5.41) is 0. The maximum absolute atomic E-state index is 12.6. The maximum atomic E-state index is 12.6. The number of hydrogen-bond donors (Lipinski definition) is 0. The minimum Gasteiger partial charge on any atom is -0.457 e. The Kier molecular flexibility index (Phi) is 2.16. The number of hydrogen-bond acceptors (Lipinski definition) is 2. The molecule has 2 nitrogen and oxygen atoms in total. The van der Waals surface area contributed by atoms with Crippen LogP contribution in [0.4, 0.5) is 4.39 Å². The molecule has 3 aliphatic rings. The molecular weight excluding hydrogens is 207 g/mol. The molecule has 3 aliphatic carbocycles. The molecule has 2 saturated carbocycles. The van der Waals surface area contributed by atoms with E-state index >= 15 is 0 Å². The SMILES string of the molecule is C=C(F)C(=O)OC1CC2CC1C1CC=CC21. The summed E-state index contributed by atoms with van der Waals surface area (Å²) in [6, 6.07) is 0. The molecule has 86 valence electrons. The zero-order valence-corrected chi connectivity index (χ0v) is 9.06. The third-order valence-electron chi connectivity index (χ3n) is 4.42. The number of carbonyl (C=O) groups is 1. The third-order valence-corrected chi connectivity index (χ3v) is 4.42. The minimum atomic E-state index is -0.983. The van der Waals surface area contributed by atoms with E-state index in [9.17, 15) is 9.18 Å². The summed E-state index contributed by atoms with van der Waals surface area (Å²) in [5.41, 5.74) is 0. The Morgan fingerprint density at radius 1 is 1.38 bits per heavy atom. The van der Waals surface area contributed by atoms with E-state index in [2.05, 4.69) is 18.7 Å². The maximum Gasteiger partial charge on any atom is 0.366 e. The Morgan fingerprint density at radius 2 is 2.19 bits per heavy atom. The number of carbonyl (C=O) groups excluding carboxylic acids is 1. The Labute approximate surface area is 94.2 Å². The van der Waals surface area contributed by atoms with E-state index in [-0.39, 0.29) is 6.10 Å². The van der Waals surface area contributed by atoms with Gasteiger partial charge in [0.05, 0.1) is 0 Å². The highest BCUT2D eigenvalue weighted by Crippen LogP contribution is 2.57. The predicted molar refractivity (Wildman–Crippen MR) is 57.1 cm³/mol. The molecule has 5 atom stereocenters. The fraction of sp³-hybridized carbons (Fsp3) is 0.615. The Bertz CT molecular complexity index is 374. The van der Waals surface area contributed by atoms with Gasteiger partial charge in [-0.3, -0.25) is 0 Å². The normalized spacial score (nSPS) is 43.4. The van der Waals surface area contributed by atoms with Gasteiger partial charge in [0.15, 0.2) is 0 Å². The number of halogens is 1. The topological polar surface area (TPSA) is 26.3 Å². The lowest BCUT2D eigenvalue weighted by Gasteiger charge is -2.30. The number of esters is 1. The quantitative estimate of drug-likeness (QED) is 0.408. The molecule has 16 heavy (non-hydrogen) atoms. The fourth-order valence-electron chi connectivity index (χ4n) is 3.83. The van der Waals surface area contributed by atoms with Crippen LogP contribution in [0, 0.1) is 23.7 Å². The number of fused-ring (bicyclic) bond motifs is 5. The third kappa shape index (κ3) is 1.34. The molecule has 0 N–H and O–H groups in total. The molecule has 0 aliphatic heterocycles. The summed E-state index contributed by atoms with van der Waals surface area (Å²) in [6.07, 6.45) is 7.59. The molecule has 5 unspecified atom stereocenters. The second-order valence-electron chi connectivity index (χ2n) is 5.15. The van der Waals surface area contributed by atoms with Crippen LogP contribution >= 0.6 is 0 Å². The molecule has 0 aromatic heterocycles. The Balaban J connectivity index is 1.69. The lowest BCUT2D eigenvalue weighted by Crippen LogP contribution is -2.32. The van der Waals surface area contributed by atoms with E-state index in [1.165, 1.54) is 0 Å². The number of ether oxygens (including phenoxy) is 1. The molecule has 0 aromatic rings. The first-order valence-corrected chi connectivity index (χ1v) is 5.89. The van der Waals surface area contributed by atoms with Gasteiger partial charge in [0.25, 0.3) is 0 Å². The van der Waals surface area contributed by atoms with Gasteiger partial charge in [-0.1, -0.05) is 18.7 Å². The molecule has 0 heterocycles. The van der Waals surface area contributed by atoms with Crippen LogP contribution in [0.25, 0.3) is 0 Å². The van der Waals surface area contributed by atoms with Gasteiger partial charge in [0, 0.05) is 0 Å². The molecule has 2 fully saturated rings. The van der Waals surface area contributed by atoms with E-state index in [0.717, 1.165) is 19.3 Å². The lowest BCUT2D eigenvalue weighted by atomic mass is 9.80. The van der Waals surface area contributed by atoms with Gasteiger partial charge in [-0.25, -0.2) is 4.79 Å². The monoisotopic (exact) mass is 222 g/mol. The molecule has 0 spiro atoms. The Morgan fingerprint density at radius 3 is 2.94 bits per heavy atom. The molecule has 0 saturated heterocycles. The molecule has 0 amide bonds. The Hall–Kier alpha value is -1.12. The number of rotatable bonds is 2. The van der Waals surface area contributed by atoms with Crippen LogP contribution in [-0.4, -0.2) is 12.1 Å². The first kappa shape index (κ1) is 10.1. The van der Waals surface area contributed by atoms with Crippen molar-refractivity contribution in [2.75, 3.05) is 0 Å². The summed E-state index contributed by atoms with van der Waals surface area (Å²) in [4.78, 5) is 11.2. The van der Waals surface area contributed by atoms with E-state index in [0.29, 0.717) is 23.7 Å². The largest absolute Gasteiger partial charge is 0.457 e. The zero-order chi connectivity index (χ0) is 11.3. The van der Waals surface area contributed by atoms with Gasteiger partial charge in [-0.05, 0) is 42.9 Å². The summed E-state index contributed by atoms with van der Waals surface area (Å²) < 4.78 is 17.8. The average molecular weight is 222 g/mol. The average Bonchev–Trinajstić information content (AvgIpc) is 2.87. The van der Waals surface area contributed by atoms with Crippen LogP contribution < -0.4 is 0 Å². The summed E-state index contributed by atoms with van der Waals surface area (Å²) in [5.74, 6) is 0.537. The van der Waals surface area contributed by atoms with E-state index < -0.39 is 11.8 Å². The van der Waals surface area contributed by atoms with Gasteiger partial charge in [-0.2, -0.15) is 4.39 Å². The first-order chi connectivity index (χ1) is 7.66. The van der Waals surface area contributed by atoms with Gasteiger partial charge < -0.3 is 4.74 Å². The van der Waals surface area contributed by atoms with Crippen molar-refractivity contribution in [3.63, 3.8) is 0 Å². The van der Waals surface area contributed by atoms with E-state index in [1.807, 2.05) is 0 Å². The lowest BCUT2D eigenvalue weighted by molar-refractivity contribution is -0.149. The van der Waals surface area contributed by atoms with Crippen LogP contribution in [0.3, 0.4) is 0 Å².